The van der Waals surface area contributed by atoms with Crippen molar-refractivity contribution < 1.29 is 9.47 Å². The van der Waals surface area contributed by atoms with Crippen molar-refractivity contribution in [1.82, 2.24) is 20.2 Å². The summed E-state index contributed by atoms with van der Waals surface area (Å²) in [4.78, 5) is 8.87. The van der Waals surface area contributed by atoms with Crippen molar-refractivity contribution in [2.75, 3.05) is 20.3 Å². The molecule has 33 heavy (non-hydrogen) atoms. The first-order chi connectivity index (χ1) is 15.7. The number of aliphatic imine (C=N–C) groups is 1. The summed E-state index contributed by atoms with van der Waals surface area (Å²) in [6, 6.07) is 16.7. The molecular formula is C25H32IN5O2. The molecule has 0 saturated carbocycles. The summed E-state index contributed by atoms with van der Waals surface area (Å²) >= 11 is 0. The molecule has 2 heterocycles. The fraction of sp³-hybridized carbons (Fsp3) is 0.360. The van der Waals surface area contributed by atoms with Crippen LogP contribution >= 0.6 is 24.0 Å². The molecule has 1 aliphatic rings. The Balaban J connectivity index is 0.00000306. The molecule has 1 aliphatic heterocycles. The lowest BCUT2D eigenvalue weighted by molar-refractivity contribution is 0.140. The Morgan fingerprint density at radius 2 is 2.00 bits per heavy atom. The Hall–Kier alpha value is -2.59. The fourth-order valence-electron chi connectivity index (χ4n) is 3.70. The Morgan fingerprint density at radius 1 is 1.18 bits per heavy atom. The Labute approximate surface area is 212 Å². The van der Waals surface area contributed by atoms with Crippen molar-refractivity contribution in [3.05, 3.63) is 83.4 Å². The van der Waals surface area contributed by atoms with Crippen molar-refractivity contribution in [3.8, 4) is 5.75 Å². The highest BCUT2D eigenvalue weighted by molar-refractivity contribution is 14.0. The van der Waals surface area contributed by atoms with Gasteiger partial charge in [-0.3, -0.25) is 4.99 Å². The van der Waals surface area contributed by atoms with E-state index in [0.717, 1.165) is 42.7 Å². The molecule has 7 nitrogen and oxygen atoms in total. The molecule has 0 amide bonds. The highest BCUT2D eigenvalue weighted by Crippen LogP contribution is 2.23. The normalized spacial score (nSPS) is 15.7. The summed E-state index contributed by atoms with van der Waals surface area (Å²) < 4.78 is 13.8. The van der Waals surface area contributed by atoms with Crippen molar-refractivity contribution in [2.45, 2.75) is 39.1 Å². The molecule has 3 aromatic rings. The van der Waals surface area contributed by atoms with E-state index in [1.165, 1.54) is 11.1 Å². The van der Waals surface area contributed by atoms with Crippen LogP contribution in [0.25, 0.3) is 0 Å². The smallest absolute Gasteiger partial charge is 0.191 e. The van der Waals surface area contributed by atoms with Gasteiger partial charge in [0.05, 0.1) is 19.8 Å². The van der Waals surface area contributed by atoms with Crippen molar-refractivity contribution in [2.24, 2.45) is 4.99 Å². The molecule has 2 N–H and O–H groups in total. The second kappa shape index (κ2) is 12.6. The monoisotopic (exact) mass is 561 g/mol. The molecule has 1 aromatic heterocycles. The maximum Gasteiger partial charge on any atom is 0.191 e. The third kappa shape index (κ3) is 7.20. The molecule has 1 saturated heterocycles. The van der Waals surface area contributed by atoms with Gasteiger partial charge in [0.1, 0.15) is 17.7 Å². The van der Waals surface area contributed by atoms with E-state index in [1.807, 2.05) is 18.5 Å². The topological polar surface area (TPSA) is 72.7 Å². The predicted molar refractivity (Wildman–Crippen MR) is 141 cm³/mol. The lowest BCUT2D eigenvalue weighted by atomic mass is 10.1. The molecule has 1 fully saturated rings. The summed E-state index contributed by atoms with van der Waals surface area (Å²) in [7, 11) is 1.77. The summed E-state index contributed by atoms with van der Waals surface area (Å²) in [6.07, 6.45) is 4.89. The van der Waals surface area contributed by atoms with Crippen LogP contribution < -0.4 is 15.4 Å². The summed E-state index contributed by atoms with van der Waals surface area (Å²) in [5.41, 5.74) is 3.51. The molecule has 1 atom stereocenters. The maximum absolute atomic E-state index is 6.21. The zero-order valence-electron chi connectivity index (χ0n) is 19.2. The third-order valence-corrected chi connectivity index (χ3v) is 5.49. The lowest BCUT2D eigenvalue weighted by Gasteiger charge is -2.18. The van der Waals surface area contributed by atoms with Crippen LogP contribution in [0.4, 0.5) is 0 Å². The van der Waals surface area contributed by atoms with E-state index in [4.69, 9.17) is 9.47 Å². The average molecular weight is 561 g/mol. The van der Waals surface area contributed by atoms with E-state index < -0.39 is 0 Å². The fourth-order valence-corrected chi connectivity index (χ4v) is 3.70. The van der Waals surface area contributed by atoms with Crippen LogP contribution in [0.2, 0.25) is 0 Å². The van der Waals surface area contributed by atoms with Gasteiger partial charge < -0.3 is 24.7 Å². The second-order valence-corrected chi connectivity index (χ2v) is 7.95. The highest BCUT2D eigenvalue weighted by atomic mass is 127. The molecule has 0 spiro atoms. The minimum Gasteiger partial charge on any atom is -0.488 e. The van der Waals surface area contributed by atoms with E-state index >= 15 is 0 Å². The number of nitrogens with zero attached hydrogens (tertiary/aromatic N) is 3. The van der Waals surface area contributed by atoms with Crippen molar-refractivity contribution >= 4 is 29.9 Å². The summed E-state index contributed by atoms with van der Waals surface area (Å²) in [5.74, 6) is 2.58. The molecule has 176 valence electrons. The van der Waals surface area contributed by atoms with Gasteiger partial charge in [-0.05, 0) is 24.1 Å². The molecule has 2 aromatic carbocycles. The van der Waals surface area contributed by atoms with Crippen molar-refractivity contribution in [3.63, 3.8) is 0 Å². The van der Waals surface area contributed by atoms with Crippen LogP contribution in [0.3, 0.4) is 0 Å². The summed E-state index contributed by atoms with van der Waals surface area (Å²) in [6.45, 7) is 5.48. The Morgan fingerprint density at radius 3 is 2.76 bits per heavy atom. The van der Waals surface area contributed by atoms with E-state index in [2.05, 4.69) is 74.6 Å². The van der Waals surface area contributed by atoms with Crippen LogP contribution in [-0.4, -0.2) is 41.9 Å². The molecular weight excluding hydrogens is 529 g/mol. The van der Waals surface area contributed by atoms with E-state index in [9.17, 15) is 0 Å². The van der Waals surface area contributed by atoms with Gasteiger partial charge in [-0.25, -0.2) is 4.98 Å². The predicted octanol–water partition coefficient (Wildman–Crippen LogP) is 3.89. The van der Waals surface area contributed by atoms with E-state index in [1.54, 1.807) is 7.05 Å². The summed E-state index contributed by atoms with van der Waals surface area (Å²) in [5, 5.41) is 6.76. The minimum absolute atomic E-state index is 0. The van der Waals surface area contributed by atoms with Gasteiger partial charge in [0.15, 0.2) is 5.96 Å². The number of halogens is 1. The van der Waals surface area contributed by atoms with Gasteiger partial charge in [0.25, 0.3) is 0 Å². The van der Waals surface area contributed by atoms with Gasteiger partial charge in [-0.15, -0.1) is 24.0 Å². The SMILES string of the molecule is CN=C(NCc1ccc(C)cc1OC1CCOC1)NCc1nccn1Cc1ccccc1.I. The van der Waals surface area contributed by atoms with E-state index in [-0.39, 0.29) is 30.1 Å². The number of rotatable bonds is 8. The van der Waals surface area contributed by atoms with Crippen LogP contribution in [-0.2, 0) is 24.4 Å². The Bertz CT molecular complexity index is 1030. The van der Waals surface area contributed by atoms with Crippen LogP contribution in [0.15, 0.2) is 65.9 Å². The van der Waals surface area contributed by atoms with Gasteiger partial charge >= 0.3 is 0 Å². The Kier molecular flexibility index (Phi) is 9.56. The zero-order valence-corrected chi connectivity index (χ0v) is 21.5. The minimum atomic E-state index is 0. The number of nitrogens with one attached hydrogen (secondary N) is 2. The number of imidazole rings is 1. The van der Waals surface area contributed by atoms with Gasteiger partial charge in [-0.1, -0.05) is 42.5 Å². The lowest BCUT2D eigenvalue weighted by Crippen LogP contribution is -2.37. The number of aryl methyl sites for hydroxylation is 1. The first kappa shape index (κ1) is 25.0. The first-order valence-electron chi connectivity index (χ1n) is 11.0. The molecule has 0 radical (unpaired) electrons. The van der Waals surface area contributed by atoms with E-state index in [0.29, 0.717) is 19.7 Å². The average Bonchev–Trinajstić information content (AvgIpc) is 3.48. The third-order valence-electron chi connectivity index (χ3n) is 5.49. The zero-order chi connectivity index (χ0) is 22.2. The van der Waals surface area contributed by atoms with Gasteiger partial charge in [0.2, 0.25) is 0 Å². The number of benzene rings is 2. The largest absolute Gasteiger partial charge is 0.488 e. The number of hydrogen-bond acceptors (Lipinski definition) is 4. The number of guanidine groups is 1. The number of aromatic nitrogens is 2. The molecule has 4 rings (SSSR count). The van der Waals surface area contributed by atoms with Gasteiger partial charge in [0, 0.05) is 44.5 Å². The number of ether oxygens (including phenoxy) is 2. The van der Waals surface area contributed by atoms with Crippen LogP contribution in [0.1, 0.15) is 28.9 Å². The van der Waals surface area contributed by atoms with Gasteiger partial charge in [-0.2, -0.15) is 0 Å². The molecule has 1 unspecified atom stereocenters. The molecule has 8 heteroatoms. The molecule has 0 aliphatic carbocycles. The quantitative estimate of drug-likeness (QED) is 0.248. The molecule has 0 bridgehead atoms. The highest BCUT2D eigenvalue weighted by Gasteiger charge is 2.19. The first-order valence-corrected chi connectivity index (χ1v) is 11.0. The second-order valence-electron chi connectivity index (χ2n) is 7.95. The standard InChI is InChI=1S/C25H31N5O2.HI/c1-19-8-9-21(23(14-19)32-22-10-13-31-18-22)15-28-25(26-2)29-16-24-27-11-12-30(24)17-20-6-4-3-5-7-20;/h3-9,11-12,14,22H,10,13,15-18H2,1-2H3,(H2,26,28,29);1H. The van der Waals surface area contributed by atoms with Crippen LogP contribution in [0.5, 0.6) is 5.75 Å². The number of hydrogen-bond donors (Lipinski definition) is 2. The van der Waals surface area contributed by atoms with Crippen LogP contribution in [0, 0.1) is 6.92 Å². The van der Waals surface area contributed by atoms with Crippen molar-refractivity contribution in [1.29, 1.82) is 0 Å². The maximum atomic E-state index is 6.21.